The Bertz CT molecular complexity index is 879. The number of hydrogen-bond donors (Lipinski definition) is 2. The summed E-state index contributed by atoms with van der Waals surface area (Å²) < 4.78 is 2.20. The van der Waals surface area contributed by atoms with Gasteiger partial charge in [0.15, 0.2) is 0 Å². The minimum absolute atomic E-state index is 0.480. The van der Waals surface area contributed by atoms with E-state index in [9.17, 15) is 9.90 Å². The molecule has 4 nitrogen and oxygen atoms in total. The van der Waals surface area contributed by atoms with Crippen LogP contribution in [-0.4, -0.2) is 21.7 Å². The molecule has 164 valence electrons. The van der Waals surface area contributed by atoms with Gasteiger partial charge in [-0.2, -0.15) is 0 Å². The van der Waals surface area contributed by atoms with E-state index in [1.165, 1.54) is 67.2 Å². The molecule has 3 rings (SSSR count). The van der Waals surface area contributed by atoms with Crippen LogP contribution >= 0.6 is 0 Å². The molecule has 30 heavy (non-hydrogen) atoms. The molecule has 0 saturated heterocycles. The average molecular weight is 411 g/mol. The molecule has 0 radical (unpaired) electrons. The highest BCUT2D eigenvalue weighted by atomic mass is 16.4. The van der Waals surface area contributed by atoms with Gasteiger partial charge in [-0.15, -0.1) is 0 Å². The van der Waals surface area contributed by atoms with Crippen LogP contribution in [0, 0.1) is 34.6 Å². The largest absolute Gasteiger partial charge is 0.478 e. The molecule has 1 aromatic carbocycles. The van der Waals surface area contributed by atoms with Gasteiger partial charge in [0.25, 0.3) is 0 Å². The fraction of sp³-hybridized carbons (Fsp3) is 0.577. The fourth-order valence-corrected chi connectivity index (χ4v) is 5.21. The molecule has 0 amide bonds. The standard InChI is InChI=1S/C26H38N2O2/c1-17-13-18(2)24(19(3)14-17)16-28-20(4)23(25(21(28)5)26(29)30)15-27-22-11-9-7-6-8-10-12-22/h13-14,22,27H,6-12,15-16H2,1-5H3,(H,29,30). The van der Waals surface area contributed by atoms with E-state index >= 15 is 0 Å². The molecule has 1 aromatic heterocycles. The zero-order valence-corrected chi connectivity index (χ0v) is 19.4. The molecule has 2 N–H and O–H groups in total. The van der Waals surface area contributed by atoms with E-state index in [-0.39, 0.29) is 0 Å². The first-order valence-electron chi connectivity index (χ1n) is 11.5. The highest BCUT2D eigenvalue weighted by molar-refractivity contribution is 5.91. The van der Waals surface area contributed by atoms with Gasteiger partial charge in [-0.25, -0.2) is 4.79 Å². The Hall–Kier alpha value is -2.07. The molecule has 1 fully saturated rings. The number of aromatic carboxylic acids is 1. The fourth-order valence-electron chi connectivity index (χ4n) is 5.21. The van der Waals surface area contributed by atoms with Gasteiger partial charge in [-0.3, -0.25) is 0 Å². The summed E-state index contributed by atoms with van der Waals surface area (Å²) in [5, 5.41) is 13.7. The number of nitrogens with one attached hydrogen (secondary N) is 1. The minimum atomic E-state index is -0.818. The van der Waals surface area contributed by atoms with Crippen molar-refractivity contribution in [1.82, 2.24) is 9.88 Å². The molecule has 0 unspecified atom stereocenters. The van der Waals surface area contributed by atoms with Crippen LogP contribution in [0.2, 0.25) is 0 Å². The second kappa shape index (κ2) is 9.82. The van der Waals surface area contributed by atoms with Gasteiger partial charge >= 0.3 is 5.97 Å². The van der Waals surface area contributed by atoms with Gasteiger partial charge < -0.3 is 15.0 Å². The number of benzene rings is 1. The van der Waals surface area contributed by atoms with E-state index in [4.69, 9.17) is 0 Å². The monoisotopic (exact) mass is 410 g/mol. The Labute approximate surface area is 181 Å². The summed E-state index contributed by atoms with van der Waals surface area (Å²) in [6.07, 6.45) is 8.94. The Morgan fingerprint density at radius 3 is 2.07 bits per heavy atom. The maximum atomic E-state index is 12.1. The summed E-state index contributed by atoms with van der Waals surface area (Å²) in [4.78, 5) is 12.1. The lowest BCUT2D eigenvalue weighted by molar-refractivity contribution is 0.0694. The summed E-state index contributed by atoms with van der Waals surface area (Å²) >= 11 is 0. The zero-order chi connectivity index (χ0) is 21.8. The first-order valence-corrected chi connectivity index (χ1v) is 11.5. The third-order valence-corrected chi connectivity index (χ3v) is 6.95. The maximum Gasteiger partial charge on any atom is 0.337 e. The van der Waals surface area contributed by atoms with E-state index in [2.05, 4.69) is 49.7 Å². The van der Waals surface area contributed by atoms with Crippen molar-refractivity contribution in [3.8, 4) is 0 Å². The van der Waals surface area contributed by atoms with E-state index in [0.717, 1.165) is 23.5 Å². The second-order valence-corrected chi connectivity index (χ2v) is 9.22. The van der Waals surface area contributed by atoms with Crippen molar-refractivity contribution in [1.29, 1.82) is 0 Å². The average Bonchev–Trinajstić information content (AvgIpc) is 2.87. The van der Waals surface area contributed by atoms with Crippen LogP contribution < -0.4 is 5.32 Å². The summed E-state index contributed by atoms with van der Waals surface area (Å²) in [6, 6.07) is 4.92. The molecule has 1 aliphatic carbocycles. The van der Waals surface area contributed by atoms with Crippen molar-refractivity contribution >= 4 is 5.97 Å². The molecule has 0 bridgehead atoms. The Kier molecular flexibility index (Phi) is 7.41. The van der Waals surface area contributed by atoms with Crippen LogP contribution in [0.15, 0.2) is 12.1 Å². The SMILES string of the molecule is Cc1cc(C)c(Cn2c(C)c(CNC3CCCCCCC3)c(C(=O)O)c2C)c(C)c1. The molecule has 1 aliphatic rings. The number of aromatic nitrogens is 1. The third kappa shape index (κ3) is 4.97. The lowest BCUT2D eigenvalue weighted by atomic mass is 9.96. The first kappa shape index (κ1) is 22.6. The predicted molar refractivity (Wildman–Crippen MR) is 124 cm³/mol. The number of carboxylic acids is 1. The first-order chi connectivity index (χ1) is 14.3. The van der Waals surface area contributed by atoms with Gasteiger partial charge in [0.1, 0.15) is 0 Å². The molecule has 0 atom stereocenters. The quantitative estimate of drug-likeness (QED) is 0.616. The van der Waals surface area contributed by atoms with E-state index < -0.39 is 5.97 Å². The molecular formula is C26H38N2O2. The molecular weight excluding hydrogens is 372 g/mol. The van der Waals surface area contributed by atoms with Gasteiger partial charge in [0, 0.05) is 36.1 Å². The summed E-state index contributed by atoms with van der Waals surface area (Å²) in [5.74, 6) is -0.818. The highest BCUT2D eigenvalue weighted by Gasteiger charge is 2.24. The van der Waals surface area contributed by atoms with Crippen molar-refractivity contribution in [2.45, 2.75) is 98.7 Å². The number of carboxylic acid groups (broad SMARTS) is 1. The number of hydrogen-bond acceptors (Lipinski definition) is 2. The van der Waals surface area contributed by atoms with Crippen LogP contribution in [0.5, 0.6) is 0 Å². The van der Waals surface area contributed by atoms with Crippen LogP contribution in [0.4, 0.5) is 0 Å². The lowest BCUT2D eigenvalue weighted by Gasteiger charge is -2.21. The van der Waals surface area contributed by atoms with Gasteiger partial charge in [-0.05, 0) is 64.2 Å². The van der Waals surface area contributed by atoms with Gasteiger partial charge in [0.05, 0.1) is 5.56 Å². The number of nitrogens with zero attached hydrogens (tertiary/aromatic N) is 1. The van der Waals surface area contributed by atoms with Gasteiger partial charge in [0.2, 0.25) is 0 Å². The number of rotatable bonds is 6. The van der Waals surface area contributed by atoms with Crippen molar-refractivity contribution in [2.24, 2.45) is 0 Å². The molecule has 0 aliphatic heterocycles. The molecule has 1 saturated carbocycles. The normalized spacial score (nSPS) is 15.8. The Morgan fingerprint density at radius 1 is 0.933 bits per heavy atom. The van der Waals surface area contributed by atoms with Crippen LogP contribution in [0.25, 0.3) is 0 Å². The van der Waals surface area contributed by atoms with Crippen molar-refractivity contribution < 1.29 is 9.90 Å². The van der Waals surface area contributed by atoms with Crippen LogP contribution in [0.3, 0.4) is 0 Å². The lowest BCUT2D eigenvalue weighted by Crippen LogP contribution is -2.30. The molecule has 2 aromatic rings. The van der Waals surface area contributed by atoms with E-state index in [1.807, 2.05) is 6.92 Å². The topological polar surface area (TPSA) is 54.3 Å². The molecule has 1 heterocycles. The van der Waals surface area contributed by atoms with Crippen molar-refractivity contribution in [3.63, 3.8) is 0 Å². The van der Waals surface area contributed by atoms with E-state index in [1.54, 1.807) is 0 Å². The third-order valence-electron chi connectivity index (χ3n) is 6.95. The van der Waals surface area contributed by atoms with Crippen LogP contribution in [-0.2, 0) is 13.1 Å². The Morgan fingerprint density at radius 2 is 1.50 bits per heavy atom. The zero-order valence-electron chi connectivity index (χ0n) is 19.4. The maximum absolute atomic E-state index is 12.1. The minimum Gasteiger partial charge on any atom is -0.478 e. The molecule has 4 heteroatoms. The second-order valence-electron chi connectivity index (χ2n) is 9.22. The van der Waals surface area contributed by atoms with Crippen LogP contribution in [0.1, 0.15) is 94.5 Å². The Balaban J connectivity index is 1.88. The van der Waals surface area contributed by atoms with Gasteiger partial charge in [-0.1, -0.05) is 49.8 Å². The van der Waals surface area contributed by atoms with E-state index in [0.29, 0.717) is 18.2 Å². The number of aryl methyl sites for hydroxylation is 3. The highest BCUT2D eigenvalue weighted by Crippen LogP contribution is 2.27. The molecule has 0 spiro atoms. The van der Waals surface area contributed by atoms with Crippen molar-refractivity contribution in [2.75, 3.05) is 0 Å². The number of carbonyl (C=O) groups is 1. The summed E-state index contributed by atoms with van der Waals surface area (Å²) in [7, 11) is 0. The smallest absolute Gasteiger partial charge is 0.337 e. The predicted octanol–water partition coefficient (Wildman–Crippen LogP) is 5.98. The summed E-state index contributed by atoms with van der Waals surface area (Å²) in [6.45, 7) is 11.8. The summed E-state index contributed by atoms with van der Waals surface area (Å²) in [5.41, 5.74) is 8.45. The van der Waals surface area contributed by atoms with Crippen molar-refractivity contribution in [3.05, 3.63) is 56.9 Å².